The largest absolute Gasteiger partial charge is 0.489 e. The van der Waals surface area contributed by atoms with E-state index in [1.165, 1.54) is 0 Å². The molecule has 0 spiro atoms. The second kappa shape index (κ2) is 9.56. The van der Waals surface area contributed by atoms with Crippen molar-refractivity contribution in [1.82, 2.24) is 5.32 Å². The van der Waals surface area contributed by atoms with Gasteiger partial charge in [-0.05, 0) is 48.4 Å². The zero-order valence-electron chi connectivity index (χ0n) is 20.6. The lowest BCUT2D eigenvalue weighted by molar-refractivity contribution is -0.164. The number of benzene rings is 2. The predicted molar refractivity (Wildman–Crippen MR) is 138 cm³/mol. The molecule has 0 aromatic heterocycles. The summed E-state index contributed by atoms with van der Waals surface area (Å²) in [7, 11) is 0. The summed E-state index contributed by atoms with van der Waals surface area (Å²) in [6.45, 7) is 10.1. The lowest BCUT2D eigenvalue weighted by atomic mass is 9.49. The van der Waals surface area contributed by atoms with Crippen LogP contribution in [0.2, 0.25) is 5.02 Å². The van der Waals surface area contributed by atoms with Crippen molar-refractivity contribution in [2.75, 3.05) is 24.6 Å². The minimum atomic E-state index is -0.315. The van der Waals surface area contributed by atoms with Crippen molar-refractivity contribution in [3.63, 3.8) is 0 Å². The van der Waals surface area contributed by atoms with Crippen molar-refractivity contribution in [3.8, 4) is 11.8 Å². The standard InChI is InChI=1S/C28H32ClN3O3/c1-27(2)25(28(3,4)26(27)35-22-10-7-20(16-30)23(29)15-22)31-24(34)19-5-8-21(9-6-19)32-13-11-18(17-33)12-14-32/h5-11,15,25-26,33H,12-14,17H2,1-4H3,(H,31,34). The van der Waals surface area contributed by atoms with Crippen LogP contribution in [0.25, 0.3) is 0 Å². The zero-order valence-corrected chi connectivity index (χ0v) is 21.4. The third-order valence-corrected chi connectivity index (χ3v) is 7.74. The molecule has 2 aromatic carbocycles. The first-order valence-corrected chi connectivity index (χ1v) is 12.3. The Labute approximate surface area is 212 Å². The molecule has 4 rings (SSSR count). The fourth-order valence-electron chi connectivity index (χ4n) is 5.72. The summed E-state index contributed by atoms with van der Waals surface area (Å²) in [5.41, 5.74) is 2.54. The van der Waals surface area contributed by atoms with Gasteiger partial charge >= 0.3 is 0 Å². The highest BCUT2D eigenvalue weighted by Gasteiger charge is 2.64. The van der Waals surface area contributed by atoms with Gasteiger partial charge in [-0.25, -0.2) is 0 Å². The van der Waals surface area contributed by atoms with E-state index in [0.29, 0.717) is 21.9 Å². The van der Waals surface area contributed by atoms with E-state index in [1.807, 2.05) is 24.3 Å². The van der Waals surface area contributed by atoms with Crippen LogP contribution in [0.15, 0.2) is 54.1 Å². The van der Waals surface area contributed by atoms with Crippen molar-refractivity contribution in [3.05, 3.63) is 70.3 Å². The van der Waals surface area contributed by atoms with Gasteiger partial charge in [0.05, 0.1) is 17.2 Å². The lowest BCUT2D eigenvalue weighted by Gasteiger charge is -2.63. The Morgan fingerprint density at radius 3 is 2.43 bits per heavy atom. The van der Waals surface area contributed by atoms with Crippen LogP contribution in [0.5, 0.6) is 5.75 Å². The molecule has 35 heavy (non-hydrogen) atoms. The van der Waals surface area contributed by atoms with Gasteiger partial charge in [-0.2, -0.15) is 5.26 Å². The van der Waals surface area contributed by atoms with Gasteiger partial charge in [0, 0.05) is 47.3 Å². The second-order valence-corrected chi connectivity index (χ2v) is 11.0. The molecule has 0 atom stereocenters. The number of carbonyl (C=O) groups excluding carboxylic acids is 1. The number of hydrogen-bond acceptors (Lipinski definition) is 5. The molecule has 1 heterocycles. The summed E-state index contributed by atoms with van der Waals surface area (Å²) >= 11 is 6.18. The number of nitrogens with zero attached hydrogens (tertiary/aromatic N) is 2. The van der Waals surface area contributed by atoms with E-state index in [9.17, 15) is 9.90 Å². The van der Waals surface area contributed by atoms with Crippen LogP contribution in [0.4, 0.5) is 5.69 Å². The minimum Gasteiger partial charge on any atom is -0.489 e. The van der Waals surface area contributed by atoms with E-state index in [2.05, 4.69) is 50.1 Å². The maximum atomic E-state index is 13.1. The Morgan fingerprint density at radius 2 is 1.89 bits per heavy atom. The lowest BCUT2D eigenvalue weighted by Crippen LogP contribution is -2.74. The minimum absolute atomic E-state index is 0.0924. The maximum absolute atomic E-state index is 13.1. The first-order valence-electron chi connectivity index (χ1n) is 11.9. The fraction of sp³-hybridized carbons (Fsp3) is 0.429. The Kier molecular flexibility index (Phi) is 6.86. The van der Waals surface area contributed by atoms with Crippen LogP contribution in [0, 0.1) is 22.2 Å². The maximum Gasteiger partial charge on any atom is 0.251 e. The molecule has 2 aromatic rings. The summed E-state index contributed by atoms with van der Waals surface area (Å²) in [6.07, 6.45) is 2.76. The Hall–Kier alpha value is -3.01. The van der Waals surface area contributed by atoms with E-state index in [-0.39, 0.29) is 35.5 Å². The monoisotopic (exact) mass is 493 g/mol. The van der Waals surface area contributed by atoms with Gasteiger partial charge in [-0.1, -0.05) is 45.4 Å². The highest BCUT2D eigenvalue weighted by molar-refractivity contribution is 6.31. The molecular formula is C28H32ClN3O3. The molecule has 2 N–H and O–H groups in total. The van der Waals surface area contributed by atoms with Crippen molar-refractivity contribution >= 4 is 23.2 Å². The van der Waals surface area contributed by atoms with Crippen LogP contribution in [-0.4, -0.2) is 42.9 Å². The van der Waals surface area contributed by atoms with Crippen LogP contribution in [-0.2, 0) is 0 Å². The van der Waals surface area contributed by atoms with E-state index < -0.39 is 0 Å². The molecule has 6 nitrogen and oxygen atoms in total. The number of aliphatic hydroxyl groups excluding tert-OH is 1. The van der Waals surface area contributed by atoms with Gasteiger partial charge < -0.3 is 20.1 Å². The van der Waals surface area contributed by atoms with Gasteiger partial charge in [0.2, 0.25) is 0 Å². The van der Waals surface area contributed by atoms with E-state index in [1.54, 1.807) is 18.2 Å². The number of ether oxygens (including phenoxy) is 1. The molecule has 1 aliphatic heterocycles. The number of aliphatic hydroxyl groups is 1. The number of halogens is 1. The Morgan fingerprint density at radius 1 is 1.20 bits per heavy atom. The van der Waals surface area contributed by atoms with Crippen LogP contribution >= 0.6 is 11.6 Å². The third kappa shape index (κ3) is 4.76. The summed E-state index contributed by atoms with van der Waals surface area (Å²) in [6, 6.07) is 14.7. The number of amides is 1. The number of nitriles is 1. The van der Waals surface area contributed by atoms with Crippen LogP contribution in [0.1, 0.15) is 50.0 Å². The molecule has 184 valence electrons. The number of carbonyl (C=O) groups is 1. The average Bonchev–Trinajstić information content (AvgIpc) is 2.85. The Bertz CT molecular complexity index is 1160. The molecule has 0 unspecified atom stereocenters. The van der Waals surface area contributed by atoms with Crippen LogP contribution in [0.3, 0.4) is 0 Å². The van der Waals surface area contributed by atoms with E-state index in [4.69, 9.17) is 21.6 Å². The Balaban J connectivity index is 1.42. The van der Waals surface area contributed by atoms with Crippen molar-refractivity contribution < 1.29 is 14.6 Å². The molecule has 0 saturated heterocycles. The third-order valence-electron chi connectivity index (χ3n) is 7.43. The quantitative estimate of drug-likeness (QED) is 0.556. The molecule has 1 saturated carbocycles. The van der Waals surface area contributed by atoms with Gasteiger partial charge in [0.25, 0.3) is 5.91 Å². The SMILES string of the molecule is CC1(C)C(NC(=O)c2ccc(N3CC=C(CO)CC3)cc2)C(C)(C)C1Oc1ccc(C#N)c(Cl)c1. The highest BCUT2D eigenvalue weighted by Crippen LogP contribution is 2.55. The average molecular weight is 494 g/mol. The molecule has 0 bridgehead atoms. The molecule has 1 aliphatic carbocycles. The fourth-order valence-corrected chi connectivity index (χ4v) is 5.94. The van der Waals surface area contributed by atoms with Crippen molar-refractivity contribution in [1.29, 1.82) is 5.26 Å². The second-order valence-electron chi connectivity index (χ2n) is 10.6. The van der Waals surface area contributed by atoms with Crippen LogP contribution < -0.4 is 15.0 Å². The van der Waals surface area contributed by atoms with E-state index in [0.717, 1.165) is 30.8 Å². The van der Waals surface area contributed by atoms with Gasteiger partial charge in [0.1, 0.15) is 17.9 Å². The summed E-state index contributed by atoms with van der Waals surface area (Å²) in [5, 5.41) is 22.0. The first-order chi connectivity index (χ1) is 16.6. The number of anilines is 1. The smallest absolute Gasteiger partial charge is 0.251 e. The molecule has 0 radical (unpaired) electrons. The summed E-state index contributed by atoms with van der Waals surface area (Å²) in [5.74, 6) is 0.503. The summed E-state index contributed by atoms with van der Waals surface area (Å²) < 4.78 is 6.31. The zero-order chi connectivity index (χ0) is 25.4. The molecular weight excluding hydrogens is 462 g/mol. The van der Waals surface area contributed by atoms with Gasteiger partial charge in [0.15, 0.2) is 0 Å². The molecule has 2 aliphatic rings. The normalized spacial score (nSPS) is 22.4. The van der Waals surface area contributed by atoms with Crippen molar-refractivity contribution in [2.45, 2.75) is 46.3 Å². The first kappa shape index (κ1) is 25.1. The number of nitrogens with one attached hydrogen (secondary N) is 1. The predicted octanol–water partition coefficient (Wildman–Crippen LogP) is 4.95. The molecule has 7 heteroatoms. The molecule has 1 fully saturated rings. The highest BCUT2D eigenvalue weighted by atomic mass is 35.5. The topological polar surface area (TPSA) is 85.6 Å². The number of hydrogen-bond donors (Lipinski definition) is 2. The van der Waals surface area contributed by atoms with Gasteiger partial charge in [-0.3, -0.25) is 4.79 Å². The van der Waals surface area contributed by atoms with Gasteiger partial charge in [-0.15, -0.1) is 0 Å². The van der Waals surface area contributed by atoms with Crippen molar-refractivity contribution in [2.24, 2.45) is 10.8 Å². The van der Waals surface area contributed by atoms with E-state index >= 15 is 0 Å². The summed E-state index contributed by atoms with van der Waals surface area (Å²) in [4.78, 5) is 15.4. The molecule has 1 amide bonds. The number of rotatable bonds is 6.